The zero-order chi connectivity index (χ0) is 54.4. The summed E-state index contributed by atoms with van der Waals surface area (Å²) in [5.41, 5.74) is -1.65. The van der Waals surface area contributed by atoms with Crippen molar-refractivity contribution >= 4 is 69.0 Å². The molecule has 74 heavy (non-hydrogen) atoms. The fourth-order valence-electron chi connectivity index (χ4n) is 9.37. The third kappa shape index (κ3) is 13.6. The number of hydrogen-bond donors (Lipinski definition) is 1. The van der Waals surface area contributed by atoms with E-state index in [1.54, 1.807) is 0 Å². The molecular formula is C51H62N2O20S. The van der Waals surface area contributed by atoms with Crippen molar-refractivity contribution in [1.82, 2.24) is 4.98 Å². The monoisotopic (exact) mass is 1050 g/mol. The van der Waals surface area contributed by atoms with E-state index in [1.165, 1.54) is 31.3 Å². The number of nitrogens with zero attached hydrogens (tertiary/aromatic N) is 2. The Morgan fingerprint density at radius 2 is 1.65 bits per heavy atom. The highest BCUT2D eigenvalue weighted by molar-refractivity contribution is 7.18. The molecule has 2 aromatic carbocycles. The first-order valence-electron chi connectivity index (χ1n) is 24.0. The Labute approximate surface area is 430 Å². The second-order valence-electron chi connectivity index (χ2n) is 19.4. The second-order valence-corrected chi connectivity index (χ2v) is 20.6. The van der Waals surface area contributed by atoms with Gasteiger partial charge < -0.3 is 52.5 Å². The highest BCUT2D eigenvalue weighted by Crippen LogP contribution is 2.47. The van der Waals surface area contributed by atoms with E-state index in [9.17, 15) is 48.8 Å². The quantitative estimate of drug-likeness (QED) is 0.0460. The Morgan fingerprint density at radius 1 is 0.973 bits per heavy atom. The van der Waals surface area contributed by atoms with E-state index in [4.69, 9.17) is 47.4 Å². The number of ether oxygens (including phenoxy) is 10. The number of cyclic esters (lactones) is 1. The standard InChI is InChI=1S/C51H62N2O20S/c1-11-13-33-41(58)25(2)14-12-19-51(9)39(73-51)22-36(30-15-18-37-34(21-30)52-26(3)74-37)69-40(57)23-38(50(7,8)46(33)59)71-49(61)65-24-31-20-32(53(62)63)16-17-35(31)70-48-45(68-29(6)56)43(67-28(5)55)42(66-27(4)54)44(72-48)47(60)64-10/h11,15-18,20-21,25,33,36,38-39,41-45,48,58H,1,12-14,19,22-24H2,2-10H3/t25-,33+,36-,38-,39?,41-,42-,43-,44-,45+,48+,51-/m0/s1. The van der Waals surface area contributed by atoms with Gasteiger partial charge >= 0.3 is 36.0 Å². The van der Waals surface area contributed by atoms with Crippen LogP contribution in [0.5, 0.6) is 5.75 Å². The van der Waals surface area contributed by atoms with Crippen LogP contribution in [0.25, 0.3) is 10.2 Å². The van der Waals surface area contributed by atoms with Crippen molar-refractivity contribution in [1.29, 1.82) is 0 Å². The molecule has 0 radical (unpaired) electrons. The number of benzene rings is 2. The Balaban J connectivity index is 1.32. The summed E-state index contributed by atoms with van der Waals surface area (Å²) in [4.78, 5) is 109. The van der Waals surface area contributed by atoms with Gasteiger partial charge in [-0.2, -0.15) is 0 Å². The smallest absolute Gasteiger partial charge is 0.467 e. The molecule has 3 aliphatic heterocycles. The Morgan fingerprint density at radius 3 is 2.30 bits per heavy atom. The number of carbonyl (C=O) groups is 7. The Hall–Kier alpha value is -6.56. The molecule has 1 aromatic heterocycles. The molecule has 0 amide bonds. The number of aliphatic hydroxyl groups is 1. The predicted molar refractivity (Wildman–Crippen MR) is 258 cm³/mol. The zero-order valence-corrected chi connectivity index (χ0v) is 43.4. The van der Waals surface area contributed by atoms with Crippen LogP contribution in [0.4, 0.5) is 10.5 Å². The summed E-state index contributed by atoms with van der Waals surface area (Å²) in [5, 5.41) is 24.6. The average Bonchev–Trinajstić information content (AvgIpc) is 3.80. The van der Waals surface area contributed by atoms with Crippen molar-refractivity contribution in [2.75, 3.05) is 7.11 Å². The fraction of sp³-hybridized carbons (Fsp3) is 0.569. The highest BCUT2D eigenvalue weighted by atomic mass is 32.1. The van der Waals surface area contributed by atoms with E-state index in [-0.39, 0.29) is 36.2 Å². The first-order chi connectivity index (χ1) is 34.8. The van der Waals surface area contributed by atoms with Gasteiger partial charge in [0.05, 0.1) is 56.9 Å². The topological polar surface area (TPSA) is 291 Å². The van der Waals surface area contributed by atoms with Gasteiger partial charge in [0.25, 0.3) is 5.69 Å². The number of fused-ring (bicyclic) bond motifs is 2. The number of methoxy groups -OCH3 is 1. The zero-order valence-electron chi connectivity index (χ0n) is 42.6. The molecule has 22 nitrogen and oxygen atoms in total. The van der Waals surface area contributed by atoms with Gasteiger partial charge in [-0.1, -0.05) is 25.5 Å². The molecule has 23 heteroatoms. The van der Waals surface area contributed by atoms with Gasteiger partial charge in [-0.15, -0.1) is 17.9 Å². The summed E-state index contributed by atoms with van der Waals surface area (Å²) in [6, 6.07) is 8.63. The van der Waals surface area contributed by atoms with Crippen molar-refractivity contribution < 1.29 is 91.0 Å². The summed E-state index contributed by atoms with van der Waals surface area (Å²) in [5.74, 6) is -7.15. The molecule has 0 aliphatic carbocycles. The number of epoxide rings is 1. The molecule has 3 aromatic rings. The maximum atomic E-state index is 14.8. The molecule has 0 saturated carbocycles. The van der Waals surface area contributed by atoms with Gasteiger partial charge in [0.2, 0.25) is 12.4 Å². The van der Waals surface area contributed by atoms with Crippen LogP contribution in [0.2, 0.25) is 0 Å². The van der Waals surface area contributed by atoms with E-state index in [2.05, 4.69) is 11.6 Å². The molecule has 1 N–H and O–H groups in total. The van der Waals surface area contributed by atoms with E-state index < -0.39 is 131 Å². The first kappa shape index (κ1) is 56.7. The Bertz CT molecular complexity index is 2630. The number of allylic oxidation sites excluding steroid dienone is 1. The van der Waals surface area contributed by atoms with Gasteiger partial charge in [-0.3, -0.25) is 34.1 Å². The van der Waals surface area contributed by atoms with Crippen molar-refractivity contribution in [3.05, 3.63) is 75.3 Å². The predicted octanol–water partition coefficient (Wildman–Crippen LogP) is 6.80. The molecule has 402 valence electrons. The van der Waals surface area contributed by atoms with Crippen LogP contribution in [-0.2, 0) is 78.0 Å². The number of non-ortho nitro benzene ring substituents is 1. The minimum absolute atomic E-state index is 0.0456. The molecule has 3 fully saturated rings. The van der Waals surface area contributed by atoms with Crippen LogP contribution in [0, 0.1) is 34.3 Å². The van der Waals surface area contributed by atoms with Crippen molar-refractivity contribution in [2.45, 2.75) is 161 Å². The number of ketones is 1. The lowest BCUT2D eigenvalue weighted by atomic mass is 9.71. The third-order valence-corrected chi connectivity index (χ3v) is 14.4. The summed E-state index contributed by atoms with van der Waals surface area (Å²) in [6.07, 6.45) is -11.4. The number of rotatable bonds is 13. The number of nitro groups is 1. The van der Waals surface area contributed by atoms with Crippen LogP contribution in [0.3, 0.4) is 0 Å². The number of aryl methyl sites for hydroxylation is 1. The van der Waals surface area contributed by atoms with Crippen LogP contribution in [-0.4, -0.2) is 119 Å². The molecular weight excluding hydrogens is 993 g/mol. The van der Waals surface area contributed by atoms with Crippen molar-refractivity contribution in [2.24, 2.45) is 17.3 Å². The molecule has 3 aliphatic rings. The van der Waals surface area contributed by atoms with E-state index in [0.717, 1.165) is 55.8 Å². The minimum atomic E-state index is -1.90. The number of esters is 5. The third-order valence-electron chi connectivity index (χ3n) is 13.4. The molecule has 3 saturated heterocycles. The average molecular weight is 1060 g/mol. The van der Waals surface area contributed by atoms with Crippen LogP contribution in [0.1, 0.15) is 109 Å². The maximum Gasteiger partial charge on any atom is 0.508 e. The summed E-state index contributed by atoms with van der Waals surface area (Å²) in [6.45, 7) is 14.6. The number of carbonyl (C=O) groups excluding carboxylic acids is 7. The minimum Gasteiger partial charge on any atom is -0.467 e. The van der Waals surface area contributed by atoms with Gasteiger partial charge in [-0.05, 0) is 76.6 Å². The maximum absolute atomic E-state index is 14.8. The lowest BCUT2D eigenvalue weighted by Crippen LogP contribution is -2.64. The normalized spacial score (nSPS) is 29.3. The highest BCUT2D eigenvalue weighted by Gasteiger charge is 2.57. The van der Waals surface area contributed by atoms with Gasteiger partial charge in [-0.25, -0.2) is 14.6 Å². The molecule has 0 spiro atoms. The number of thiazole rings is 1. The van der Waals surface area contributed by atoms with Crippen LogP contribution in [0.15, 0.2) is 49.1 Å². The fourth-order valence-corrected chi connectivity index (χ4v) is 10.2. The molecule has 12 atom stereocenters. The van der Waals surface area contributed by atoms with Crippen molar-refractivity contribution in [3.8, 4) is 5.75 Å². The van der Waals surface area contributed by atoms with Crippen molar-refractivity contribution in [3.63, 3.8) is 0 Å². The molecule has 4 heterocycles. The second kappa shape index (κ2) is 23.8. The SMILES string of the molecule is C=CC[C@H]1C(=O)C(C)(C)[C@@H](OC(=O)OCc2cc([N+](=O)[O-])ccc2O[C@@H]2O[C@H](C(=O)OC)[C@@H](OC(C)=O)[C@H](OC(C)=O)[C@H]2OC(C)=O)CC(=O)O[C@H](c2ccc3sc(C)nc3c2)CC2O[C@@]2(C)CCC[C@H](C)[C@@H]1O. The van der Waals surface area contributed by atoms with Crippen LogP contribution < -0.4 is 4.74 Å². The number of Topliss-reactive ketones (excluding diaryl/α,β-unsaturated/α-hetero) is 1. The Kier molecular flexibility index (Phi) is 18.2. The summed E-state index contributed by atoms with van der Waals surface area (Å²) >= 11 is 1.51. The van der Waals surface area contributed by atoms with Gasteiger partial charge in [0, 0.05) is 50.8 Å². The van der Waals surface area contributed by atoms with Gasteiger partial charge in [0.1, 0.15) is 30.3 Å². The van der Waals surface area contributed by atoms with Gasteiger partial charge in [0.15, 0.2) is 18.3 Å². The number of hydrogen-bond acceptors (Lipinski definition) is 22. The van der Waals surface area contributed by atoms with Crippen LogP contribution >= 0.6 is 11.3 Å². The number of aliphatic hydroxyl groups excluding tert-OH is 1. The number of aromatic nitrogens is 1. The van der Waals surface area contributed by atoms with E-state index >= 15 is 0 Å². The molecule has 1 unspecified atom stereocenters. The van der Waals surface area contributed by atoms with E-state index in [1.807, 2.05) is 39.0 Å². The lowest BCUT2D eigenvalue weighted by Gasteiger charge is -2.43. The number of nitro benzene ring substituents is 1. The first-order valence-corrected chi connectivity index (χ1v) is 24.8. The summed E-state index contributed by atoms with van der Waals surface area (Å²) < 4.78 is 57.7. The van der Waals surface area contributed by atoms with E-state index in [0.29, 0.717) is 30.3 Å². The molecule has 0 bridgehead atoms. The largest absolute Gasteiger partial charge is 0.508 e. The summed E-state index contributed by atoms with van der Waals surface area (Å²) in [7, 11) is 0.992. The lowest BCUT2D eigenvalue weighted by molar-refractivity contribution is -0.385. The molecule has 6 rings (SSSR count).